The topological polar surface area (TPSA) is 66.2 Å². The number of alkyl carbamates (subject to hydrolysis) is 1. The molecule has 0 radical (unpaired) electrons. The molecule has 148 valence electrons. The average molecular weight is 444 g/mol. The second-order valence-corrected chi connectivity index (χ2v) is 8.65. The molecule has 3 aromatic rings. The molecule has 0 spiro atoms. The van der Waals surface area contributed by atoms with Gasteiger partial charge in [0.05, 0.1) is 6.04 Å². The number of ether oxygens (including phenoxy) is 1. The van der Waals surface area contributed by atoms with Crippen LogP contribution in [0, 0.1) is 0 Å². The maximum absolute atomic E-state index is 12.1. The van der Waals surface area contributed by atoms with Gasteiger partial charge in [0, 0.05) is 34.7 Å². The first kappa shape index (κ1) is 20.4. The van der Waals surface area contributed by atoms with Crippen LogP contribution >= 0.6 is 15.9 Å². The highest BCUT2D eigenvalue weighted by atomic mass is 79.9. The second-order valence-electron chi connectivity index (χ2n) is 7.74. The van der Waals surface area contributed by atoms with E-state index in [4.69, 9.17) is 4.74 Å². The molecular formula is C22H26BrN3O2. The van der Waals surface area contributed by atoms with E-state index in [0.717, 1.165) is 20.9 Å². The normalized spacial score (nSPS) is 12.7. The van der Waals surface area contributed by atoms with Crippen molar-refractivity contribution in [2.45, 2.75) is 39.0 Å². The Hall–Kier alpha value is -2.31. The summed E-state index contributed by atoms with van der Waals surface area (Å²) in [6, 6.07) is 16.3. The van der Waals surface area contributed by atoms with Gasteiger partial charge in [-0.1, -0.05) is 52.3 Å². The van der Waals surface area contributed by atoms with Gasteiger partial charge in [-0.05, 0) is 44.0 Å². The van der Waals surface area contributed by atoms with Crippen molar-refractivity contribution in [3.8, 4) is 0 Å². The van der Waals surface area contributed by atoms with Crippen LogP contribution in [0.15, 0.2) is 59.2 Å². The van der Waals surface area contributed by atoms with Gasteiger partial charge in [0.15, 0.2) is 0 Å². The summed E-state index contributed by atoms with van der Waals surface area (Å²) < 4.78 is 6.40. The minimum Gasteiger partial charge on any atom is -0.444 e. The fourth-order valence-electron chi connectivity index (χ4n) is 3.04. The third kappa shape index (κ3) is 5.59. The summed E-state index contributed by atoms with van der Waals surface area (Å²) in [6.07, 6.45) is 1.58. The van der Waals surface area contributed by atoms with E-state index in [1.54, 1.807) is 0 Å². The van der Waals surface area contributed by atoms with Crippen molar-refractivity contribution in [1.29, 1.82) is 0 Å². The quantitative estimate of drug-likeness (QED) is 0.484. The van der Waals surface area contributed by atoms with Crippen LogP contribution in [0.5, 0.6) is 0 Å². The molecule has 1 unspecified atom stereocenters. The maximum atomic E-state index is 12.1. The first-order valence-electron chi connectivity index (χ1n) is 9.32. The summed E-state index contributed by atoms with van der Waals surface area (Å²) in [6.45, 7) is 6.69. The third-order valence-electron chi connectivity index (χ3n) is 4.30. The molecule has 1 aromatic heterocycles. The van der Waals surface area contributed by atoms with Gasteiger partial charge < -0.3 is 20.4 Å². The lowest BCUT2D eigenvalue weighted by molar-refractivity contribution is 0.0522. The highest BCUT2D eigenvalue weighted by molar-refractivity contribution is 9.10. The molecule has 0 aliphatic carbocycles. The van der Waals surface area contributed by atoms with E-state index in [1.165, 1.54) is 5.56 Å². The number of benzene rings is 2. The molecule has 1 atom stereocenters. The number of carbonyl (C=O) groups is 1. The third-order valence-corrected chi connectivity index (χ3v) is 4.79. The fourth-order valence-corrected chi connectivity index (χ4v) is 3.40. The van der Waals surface area contributed by atoms with Crippen molar-refractivity contribution in [1.82, 2.24) is 15.6 Å². The fraction of sp³-hybridized carbons (Fsp3) is 0.318. The van der Waals surface area contributed by atoms with Gasteiger partial charge in [-0.3, -0.25) is 0 Å². The van der Waals surface area contributed by atoms with Gasteiger partial charge in [0.2, 0.25) is 0 Å². The monoisotopic (exact) mass is 443 g/mol. The van der Waals surface area contributed by atoms with Crippen LogP contribution in [0.25, 0.3) is 10.9 Å². The van der Waals surface area contributed by atoms with Gasteiger partial charge >= 0.3 is 6.09 Å². The summed E-state index contributed by atoms with van der Waals surface area (Å²) in [5.41, 5.74) is 2.82. The standard InChI is InChI=1S/C22H26BrN3O2/c1-22(2,3)28-21(27)26-14-20(24-12-15-7-5-4-6-8-15)18-13-25-19-11-16(23)9-10-17(18)19/h4-11,13,20,24-25H,12,14H2,1-3H3,(H,26,27). The molecular weight excluding hydrogens is 418 g/mol. The number of fused-ring (bicyclic) bond motifs is 1. The SMILES string of the molecule is CC(C)(C)OC(=O)NCC(NCc1ccccc1)c1c[nH]c2cc(Br)ccc12. The number of aromatic nitrogens is 1. The molecule has 1 amide bonds. The lowest BCUT2D eigenvalue weighted by Gasteiger charge is -2.23. The van der Waals surface area contributed by atoms with Crippen LogP contribution in [0.3, 0.4) is 0 Å². The Morgan fingerprint density at radius 2 is 1.93 bits per heavy atom. The van der Waals surface area contributed by atoms with Crippen molar-refractivity contribution in [2.24, 2.45) is 0 Å². The maximum Gasteiger partial charge on any atom is 0.407 e. The molecule has 0 bridgehead atoms. The van der Waals surface area contributed by atoms with Crippen molar-refractivity contribution in [3.05, 3.63) is 70.3 Å². The molecule has 2 aromatic carbocycles. The number of carbonyl (C=O) groups excluding carboxylic acids is 1. The molecule has 1 heterocycles. The van der Waals surface area contributed by atoms with Crippen LogP contribution in [0.1, 0.15) is 37.9 Å². The van der Waals surface area contributed by atoms with Crippen LogP contribution in [0.4, 0.5) is 4.79 Å². The molecule has 3 N–H and O–H groups in total. The van der Waals surface area contributed by atoms with Gasteiger partial charge in [0.25, 0.3) is 0 Å². The molecule has 0 saturated carbocycles. The number of nitrogens with one attached hydrogen (secondary N) is 3. The molecule has 3 rings (SSSR count). The van der Waals surface area contributed by atoms with E-state index in [0.29, 0.717) is 13.1 Å². The number of H-pyrrole nitrogens is 1. The first-order valence-corrected chi connectivity index (χ1v) is 10.1. The van der Waals surface area contributed by atoms with Crippen molar-refractivity contribution < 1.29 is 9.53 Å². The van der Waals surface area contributed by atoms with Crippen molar-refractivity contribution in [2.75, 3.05) is 6.54 Å². The Morgan fingerprint density at radius 3 is 2.64 bits per heavy atom. The summed E-state index contributed by atoms with van der Waals surface area (Å²) >= 11 is 3.51. The summed E-state index contributed by atoms with van der Waals surface area (Å²) in [4.78, 5) is 15.5. The first-order chi connectivity index (χ1) is 13.3. The van der Waals surface area contributed by atoms with Gasteiger partial charge in [-0.2, -0.15) is 0 Å². The number of aromatic amines is 1. The Kier molecular flexibility index (Phi) is 6.42. The highest BCUT2D eigenvalue weighted by Crippen LogP contribution is 2.27. The van der Waals surface area contributed by atoms with E-state index in [2.05, 4.69) is 49.7 Å². The van der Waals surface area contributed by atoms with Crippen LogP contribution < -0.4 is 10.6 Å². The Labute approximate surface area is 174 Å². The van der Waals surface area contributed by atoms with E-state index >= 15 is 0 Å². The van der Waals surface area contributed by atoms with Gasteiger partial charge in [0.1, 0.15) is 5.60 Å². The zero-order chi connectivity index (χ0) is 20.1. The largest absolute Gasteiger partial charge is 0.444 e. The number of rotatable bonds is 6. The van der Waals surface area contributed by atoms with E-state index in [1.807, 2.05) is 57.3 Å². The predicted molar refractivity (Wildman–Crippen MR) is 116 cm³/mol. The Morgan fingerprint density at radius 1 is 1.18 bits per heavy atom. The van der Waals surface area contributed by atoms with E-state index in [-0.39, 0.29) is 6.04 Å². The smallest absolute Gasteiger partial charge is 0.407 e. The minimum atomic E-state index is -0.524. The summed E-state index contributed by atoms with van der Waals surface area (Å²) in [5.74, 6) is 0. The molecule has 0 fully saturated rings. The Bertz CT molecular complexity index is 932. The lowest BCUT2D eigenvalue weighted by atomic mass is 10.1. The predicted octanol–water partition coefficient (Wildman–Crippen LogP) is 5.29. The van der Waals surface area contributed by atoms with Gasteiger partial charge in [-0.25, -0.2) is 4.79 Å². The number of hydrogen-bond acceptors (Lipinski definition) is 3. The number of amides is 1. The molecule has 0 aliphatic heterocycles. The summed E-state index contributed by atoms with van der Waals surface area (Å²) in [7, 11) is 0. The van der Waals surface area contributed by atoms with Gasteiger partial charge in [-0.15, -0.1) is 0 Å². The van der Waals surface area contributed by atoms with Crippen molar-refractivity contribution >= 4 is 32.9 Å². The zero-order valence-electron chi connectivity index (χ0n) is 16.4. The summed E-state index contributed by atoms with van der Waals surface area (Å²) in [5, 5.41) is 7.58. The number of halogens is 1. The molecule has 28 heavy (non-hydrogen) atoms. The molecule has 0 aliphatic rings. The van der Waals surface area contributed by atoms with Crippen LogP contribution in [-0.2, 0) is 11.3 Å². The second kappa shape index (κ2) is 8.80. The number of hydrogen-bond donors (Lipinski definition) is 3. The molecule has 6 heteroatoms. The van der Waals surface area contributed by atoms with Crippen LogP contribution in [0.2, 0.25) is 0 Å². The highest BCUT2D eigenvalue weighted by Gasteiger charge is 2.20. The lowest BCUT2D eigenvalue weighted by Crippen LogP contribution is -2.38. The van der Waals surface area contributed by atoms with E-state index in [9.17, 15) is 4.79 Å². The molecule has 0 saturated heterocycles. The molecule has 5 nitrogen and oxygen atoms in total. The minimum absolute atomic E-state index is 0.0670. The van der Waals surface area contributed by atoms with E-state index < -0.39 is 11.7 Å². The Balaban J connectivity index is 1.78. The van der Waals surface area contributed by atoms with Crippen molar-refractivity contribution in [3.63, 3.8) is 0 Å². The average Bonchev–Trinajstić information content (AvgIpc) is 3.04. The zero-order valence-corrected chi connectivity index (χ0v) is 18.0. The van der Waals surface area contributed by atoms with Crippen LogP contribution in [-0.4, -0.2) is 23.2 Å².